The van der Waals surface area contributed by atoms with E-state index in [4.69, 9.17) is 0 Å². The molecular weight excluding hydrogens is 232 g/mol. The zero-order valence-electron chi connectivity index (χ0n) is 12.5. The van der Waals surface area contributed by atoms with Gasteiger partial charge in [-0.1, -0.05) is 45.9 Å². The lowest BCUT2D eigenvalue weighted by Crippen LogP contribution is -2.32. The molecule has 0 radical (unpaired) electrons. The molecule has 2 aromatic rings. The van der Waals surface area contributed by atoms with Crippen molar-refractivity contribution in [3.05, 3.63) is 36.0 Å². The molecule has 0 aliphatic carbocycles. The van der Waals surface area contributed by atoms with Gasteiger partial charge in [-0.25, -0.2) is 0 Å². The van der Waals surface area contributed by atoms with Crippen molar-refractivity contribution >= 4 is 10.9 Å². The number of hydrogen-bond donors (Lipinski definition) is 2. The zero-order valence-corrected chi connectivity index (χ0v) is 12.5. The SMILES string of the molecule is CC(C)NCC(Cc1cccc2cc[nH]c12)C(C)C. The lowest BCUT2D eigenvalue weighted by molar-refractivity contribution is 0.350. The number of hydrogen-bond acceptors (Lipinski definition) is 1. The molecule has 0 aliphatic heterocycles. The van der Waals surface area contributed by atoms with E-state index in [0.29, 0.717) is 17.9 Å². The fourth-order valence-corrected chi connectivity index (χ4v) is 2.53. The van der Waals surface area contributed by atoms with Crippen LogP contribution in [-0.2, 0) is 6.42 Å². The molecule has 0 fully saturated rings. The van der Waals surface area contributed by atoms with Crippen molar-refractivity contribution in [1.82, 2.24) is 10.3 Å². The maximum Gasteiger partial charge on any atom is 0.0486 e. The van der Waals surface area contributed by atoms with Gasteiger partial charge >= 0.3 is 0 Å². The molecule has 0 spiro atoms. The van der Waals surface area contributed by atoms with E-state index in [1.54, 1.807) is 0 Å². The molecule has 1 heterocycles. The largest absolute Gasteiger partial charge is 0.361 e. The van der Waals surface area contributed by atoms with Crippen molar-refractivity contribution in [1.29, 1.82) is 0 Å². The standard InChI is InChI=1S/C17H26N2/c1-12(2)16(11-19-13(3)4)10-15-7-5-6-14-8-9-18-17(14)15/h5-9,12-13,16,18-19H,10-11H2,1-4H3. The summed E-state index contributed by atoms with van der Waals surface area (Å²) in [7, 11) is 0. The second-order valence-corrected chi connectivity index (χ2v) is 6.13. The Hall–Kier alpha value is -1.28. The van der Waals surface area contributed by atoms with Crippen LogP contribution in [0.25, 0.3) is 10.9 Å². The quantitative estimate of drug-likeness (QED) is 0.806. The Bertz CT molecular complexity index is 511. The van der Waals surface area contributed by atoms with Gasteiger partial charge in [0, 0.05) is 17.8 Å². The van der Waals surface area contributed by atoms with Gasteiger partial charge in [-0.3, -0.25) is 0 Å². The van der Waals surface area contributed by atoms with E-state index in [9.17, 15) is 0 Å². The highest BCUT2D eigenvalue weighted by Crippen LogP contribution is 2.23. The number of benzene rings is 1. The van der Waals surface area contributed by atoms with Crippen LogP contribution in [0.2, 0.25) is 0 Å². The van der Waals surface area contributed by atoms with Gasteiger partial charge in [0.25, 0.3) is 0 Å². The summed E-state index contributed by atoms with van der Waals surface area (Å²) >= 11 is 0. The fourth-order valence-electron chi connectivity index (χ4n) is 2.53. The van der Waals surface area contributed by atoms with E-state index in [-0.39, 0.29) is 0 Å². The number of para-hydroxylation sites is 1. The van der Waals surface area contributed by atoms with Crippen molar-refractivity contribution in [3.8, 4) is 0 Å². The van der Waals surface area contributed by atoms with E-state index < -0.39 is 0 Å². The van der Waals surface area contributed by atoms with Crippen LogP contribution in [0.1, 0.15) is 33.3 Å². The number of rotatable bonds is 6. The smallest absolute Gasteiger partial charge is 0.0486 e. The minimum absolute atomic E-state index is 0.558. The predicted molar refractivity (Wildman–Crippen MR) is 83.5 cm³/mol. The molecule has 1 atom stereocenters. The van der Waals surface area contributed by atoms with Crippen LogP contribution in [0.3, 0.4) is 0 Å². The first kappa shape index (κ1) is 14.1. The monoisotopic (exact) mass is 258 g/mol. The highest BCUT2D eigenvalue weighted by molar-refractivity contribution is 5.82. The highest BCUT2D eigenvalue weighted by atomic mass is 14.9. The normalized spacial score (nSPS) is 13.6. The Labute approximate surface area is 116 Å². The van der Waals surface area contributed by atoms with Crippen LogP contribution in [0.5, 0.6) is 0 Å². The van der Waals surface area contributed by atoms with Crippen LogP contribution >= 0.6 is 0 Å². The molecular formula is C17H26N2. The first-order valence-electron chi connectivity index (χ1n) is 7.36. The second-order valence-electron chi connectivity index (χ2n) is 6.13. The Morgan fingerprint density at radius 1 is 1.11 bits per heavy atom. The van der Waals surface area contributed by atoms with E-state index in [1.165, 1.54) is 16.5 Å². The third kappa shape index (κ3) is 3.60. The molecule has 2 rings (SSSR count). The molecule has 0 saturated heterocycles. The third-order valence-corrected chi connectivity index (χ3v) is 3.89. The van der Waals surface area contributed by atoms with E-state index in [1.807, 2.05) is 6.20 Å². The van der Waals surface area contributed by atoms with Gasteiger partial charge in [-0.15, -0.1) is 0 Å². The summed E-state index contributed by atoms with van der Waals surface area (Å²) in [5, 5.41) is 4.90. The molecule has 2 heteroatoms. The molecule has 1 aromatic carbocycles. The Balaban J connectivity index is 2.14. The summed E-state index contributed by atoms with van der Waals surface area (Å²) in [5.41, 5.74) is 2.74. The van der Waals surface area contributed by atoms with Crippen LogP contribution < -0.4 is 5.32 Å². The number of aromatic amines is 1. The molecule has 0 bridgehead atoms. The van der Waals surface area contributed by atoms with Crippen molar-refractivity contribution in [2.75, 3.05) is 6.54 Å². The lowest BCUT2D eigenvalue weighted by atomic mass is 9.88. The molecule has 0 saturated carbocycles. The summed E-state index contributed by atoms with van der Waals surface area (Å²) in [4.78, 5) is 3.38. The molecule has 2 N–H and O–H groups in total. The van der Waals surface area contributed by atoms with E-state index in [0.717, 1.165) is 13.0 Å². The molecule has 0 aliphatic rings. The third-order valence-electron chi connectivity index (χ3n) is 3.89. The van der Waals surface area contributed by atoms with Crippen molar-refractivity contribution in [3.63, 3.8) is 0 Å². The van der Waals surface area contributed by atoms with Gasteiger partial charge in [-0.2, -0.15) is 0 Å². The topological polar surface area (TPSA) is 27.8 Å². The van der Waals surface area contributed by atoms with Crippen molar-refractivity contribution in [2.45, 2.75) is 40.2 Å². The number of aromatic nitrogens is 1. The molecule has 104 valence electrons. The number of H-pyrrole nitrogens is 1. The van der Waals surface area contributed by atoms with E-state index in [2.05, 4.69) is 62.3 Å². The van der Waals surface area contributed by atoms with Crippen molar-refractivity contribution < 1.29 is 0 Å². The predicted octanol–water partition coefficient (Wildman–Crippen LogP) is 3.98. The Morgan fingerprint density at radius 3 is 2.58 bits per heavy atom. The van der Waals surface area contributed by atoms with Gasteiger partial charge in [0.15, 0.2) is 0 Å². The molecule has 19 heavy (non-hydrogen) atoms. The first-order chi connectivity index (χ1) is 9.08. The maximum absolute atomic E-state index is 3.58. The molecule has 0 amide bonds. The summed E-state index contributed by atoms with van der Waals surface area (Å²) in [6, 6.07) is 9.30. The molecule has 1 unspecified atom stereocenters. The molecule has 1 aromatic heterocycles. The van der Waals surface area contributed by atoms with Gasteiger partial charge in [0.05, 0.1) is 0 Å². The summed E-state index contributed by atoms with van der Waals surface area (Å²) in [5.74, 6) is 1.37. The minimum Gasteiger partial charge on any atom is -0.361 e. The number of fused-ring (bicyclic) bond motifs is 1. The van der Waals surface area contributed by atoms with Crippen LogP contribution in [0, 0.1) is 11.8 Å². The van der Waals surface area contributed by atoms with Gasteiger partial charge in [0.1, 0.15) is 0 Å². The van der Waals surface area contributed by atoms with Gasteiger partial charge in [-0.05, 0) is 41.8 Å². The fraction of sp³-hybridized carbons (Fsp3) is 0.529. The Kier molecular flexibility index (Phi) is 4.65. The minimum atomic E-state index is 0.558. The maximum atomic E-state index is 3.58. The van der Waals surface area contributed by atoms with Crippen molar-refractivity contribution in [2.24, 2.45) is 11.8 Å². The Morgan fingerprint density at radius 2 is 1.89 bits per heavy atom. The van der Waals surface area contributed by atoms with Gasteiger partial charge in [0.2, 0.25) is 0 Å². The van der Waals surface area contributed by atoms with Crippen LogP contribution in [0.4, 0.5) is 0 Å². The van der Waals surface area contributed by atoms with Crippen LogP contribution in [0.15, 0.2) is 30.5 Å². The summed E-state index contributed by atoms with van der Waals surface area (Å²) < 4.78 is 0. The molecule has 2 nitrogen and oxygen atoms in total. The highest BCUT2D eigenvalue weighted by Gasteiger charge is 2.16. The lowest BCUT2D eigenvalue weighted by Gasteiger charge is -2.23. The zero-order chi connectivity index (χ0) is 13.8. The summed E-state index contributed by atoms with van der Waals surface area (Å²) in [6.07, 6.45) is 3.17. The average molecular weight is 258 g/mol. The second kappa shape index (κ2) is 6.25. The average Bonchev–Trinajstić information content (AvgIpc) is 2.82. The first-order valence-corrected chi connectivity index (χ1v) is 7.36. The van der Waals surface area contributed by atoms with E-state index >= 15 is 0 Å². The van der Waals surface area contributed by atoms with Gasteiger partial charge < -0.3 is 10.3 Å². The number of nitrogens with one attached hydrogen (secondary N) is 2. The van der Waals surface area contributed by atoms with Crippen LogP contribution in [-0.4, -0.2) is 17.6 Å². The summed E-state index contributed by atoms with van der Waals surface area (Å²) in [6.45, 7) is 10.2.